The lowest BCUT2D eigenvalue weighted by Gasteiger charge is -2.34. The molecule has 2 aromatic carbocycles. The van der Waals surface area contributed by atoms with Crippen molar-refractivity contribution < 1.29 is 22.8 Å². The van der Waals surface area contributed by atoms with Crippen molar-refractivity contribution in [2.45, 2.75) is 25.1 Å². The molecule has 2 N–H and O–H groups in total. The summed E-state index contributed by atoms with van der Waals surface area (Å²) in [5.74, 6) is -0.176. The van der Waals surface area contributed by atoms with Gasteiger partial charge < -0.3 is 15.5 Å². The third-order valence-electron chi connectivity index (χ3n) is 5.60. The minimum atomic E-state index is -4.44. The highest BCUT2D eigenvalue weighted by atomic mass is 19.4. The Kier molecular flexibility index (Phi) is 6.36. The Labute approximate surface area is 184 Å². The Morgan fingerprint density at radius 2 is 1.69 bits per heavy atom. The van der Waals surface area contributed by atoms with E-state index in [0.717, 1.165) is 25.0 Å². The van der Waals surface area contributed by atoms with E-state index in [1.54, 1.807) is 29.2 Å². The molecule has 2 fully saturated rings. The zero-order valence-electron chi connectivity index (χ0n) is 17.5. The SMILES string of the molecule is O=C(CN1CCN(C(=O)c2ccccc2Nc2cccc(C(F)(F)F)c2)CC1)NC1CC1. The van der Waals surface area contributed by atoms with Gasteiger partial charge in [0.15, 0.2) is 0 Å². The lowest BCUT2D eigenvalue weighted by molar-refractivity contribution is -0.137. The fourth-order valence-electron chi connectivity index (χ4n) is 3.69. The van der Waals surface area contributed by atoms with Crippen LogP contribution in [-0.2, 0) is 11.0 Å². The van der Waals surface area contributed by atoms with Crippen molar-refractivity contribution in [1.29, 1.82) is 0 Å². The van der Waals surface area contributed by atoms with Crippen LogP contribution in [0.3, 0.4) is 0 Å². The highest BCUT2D eigenvalue weighted by Crippen LogP contribution is 2.32. The molecule has 6 nitrogen and oxygen atoms in total. The number of halogens is 3. The molecule has 2 aliphatic rings. The van der Waals surface area contributed by atoms with Crippen LogP contribution in [0, 0.1) is 0 Å². The largest absolute Gasteiger partial charge is 0.416 e. The van der Waals surface area contributed by atoms with Crippen LogP contribution in [0.15, 0.2) is 48.5 Å². The summed E-state index contributed by atoms with van der Waals surface area (Å²) in [6.45, 7) is 2.47. The molecule has 4 rings (SSSR count). The maximum Gasteiger partial charge on any atom is 0.416 e. The van der Waals surface area contributed by atoms with Crippen LogP contribution in [0.5, 0.6) is 0 Å². The first-order valence-corrected chi connectivity index (χ1v) is 10.6. The second kappa shape index (κ2) is 9.20. The molecular weight excluding hydrogens is 421 g/mol. The van der Waals surface area contributed by atoms with Crippen molar-refractivity contribution in [3.63, 3.8) is 0 Å². The molecule has 170 valence electrons. The second-order valence-corrected chi connectivity index (χ2v) is 8.16. The van der Waals surface area contributed by atoms with Crippen molar-refractivity contribution in [3.8, 4) is 0 Å². The van der Waals surface area contributed by atoms with Gasteiger partial charge in [-0.2, -0.15) is 13.2 Å². The van der Waals surface area contributed by atoms with E-state index in [9.17, 15) is 22.8 Å². The lowest BCUT2D eigenvalue weighted by atomic mass is 10.1. The van der Waals surface area contributed by atoms with Gasteiger partial charge in [-0.3, -0.25) is 14.5 Å². The fourth-order valence-corrected chi connectivity index (χ4v) is 3.69. The summed E-state index contributed by atoms with van der Waals surface area (Å²) >= 11 is 0. The first-order chi connectivity index (χ1) is 15.3. The van der Waals surface area contributed by atoms with Gasteiger partial charge in [-0.25, -0.2) is 0 Å². The van der Waals surface area contributed by atoms with Gasteiger partial charge in [0.1, 0.15) is 0 Å². The van der Waals surface area contributed by atoms with E-state index in [-0.39, 0.29) is 17.5 Å². The predicted octanol–water partition coefficient (Wildman–Crippen LogP) is 3.49. The Bertz CT molecular complexity index is 983. The number of amides is 2. The van der Waals surface area contributed by atoms with E-state index in [2.05, 4.69) is 10.6 Å². The smallest absolute Gasteiger partial charge is 0.355 e. The van der Waals surface area contributed by atoms with Gasteiger partial charge in [0.25, 0.3) is 5.91 Å². The summed E-state index contributed by atoms with van der Waals surface area (Å²) in [7, 11) is 0. The van der Waals surface area contributed by atoms with E-state index < -0.39 is 11.7 Å². The summed E-state index contributed by atoms with van der Waals surface area (Å²) in [5.41, 5.74) is 0.340. The number of nitrogens with one attached hydrogen (secondary N) is 2. The highest BCUT2D eigenvalue weighted by Gasteiger charge is 2.31. The number of hydrogen-bond donors (Lipinski definition) is 2. The van der Waals surface area contributed by atoms with Crippen LogP contribution >= 0.6 is 0 Å². The minimum absolute atomic E-state index is 0.0166. The van der Waals surface area contributed by atoms with Crippen molar-refractivity contribution >= 4 is 23.2 Å². The Morgan fingerprint density at radius 1 is 0.969 bits per heavy atom. The van der Waals surface area contributed by atoms with Crippen molar-refractivity contribution in [2.24, 2.45) is 0 Å². The quantitative estimate of drug-likeness (QED) is 0.713. The fraction of sp³-hybridized carbons (Fsp3) is 0.391. The molecular formula is C23H25F3N4O2. The van der Waals surface area contributed by atoms with Gasteiger partial charge in [0.05, 0.1) is 23.4 Å². The molecule has 0 radical (unpaired) electrons. The first kappa shape index (κ1) is 22.1. The number of carbonyl (C=O) groups excluding carboxylic acids is 2. The number of nitrogens with zero attached hydrogens (tertiary/aromatic N) is 2. The van der Waals surface area contributed by atoms with Gasteiger partial charge in [0, 0.05) is 37.9 Å². The Balaban J connectivity index is 1.39. The number of rotatable bonds is 6. The van der Waals surface area contributed by atoms with Crippen LogP contribution in [0.2, 0.25) is 0 Å². The molecule has 1 aliphatic heterocycles. The summed E-state index contributed by atoms with van der Waals surface area (Å²) in [4.78, 5) is 28.9. The summed E-state index contributed by atoms with van der Waals surface area (Å²) in [6.07, 6.45) is -2.35. The predicted molar refractivity (Wildman–Crippen MR) is 115 cm³/mol. The number of carbonyl (C=O) groups is 2. The van der Waals surface area contributed by atoms with Crippen LogP contribution < -0.4 is 10.6 Å². The van der Waals surface area contributed by atoms with Crippen molar-refractivity contribution in [3.05, 3.63) is 59.7 Å². The van der Waals surface area contributed by atoms with Crippen LogP contribution in [0.4, 0.5) is 24.5 Å². The zero-order chi connectivity index (χ0) is 22.7. The summed E-state index contributed by atoms with van der Waals surface area (Å²) < 4.78 is 39.0. The molecule has 0 unspecified atom stereocenters. The maximum absolute atomic E-state index is 13.1. The molecule has 0 spiro atoms. The van der Waals surface area contributed by atoms with Crippen LogP contribution in [-0.4, -0.2) is 60.4 Å². The molecule has 9 heteroatoms. The van der Waals surface area contributed by atoms with Crippen molar-refractivity contribution in [2.75, 3.05) is 38.0 Å². The molecule has 0 aromatic heterocycles. The molecule has 32 heavy (non-hydrogen) atoms. The molecule has 1 saturated carbocycles. The maximum atomic E-state index is 13.1. The lowest BCUT2D eigenvalue weighted by Crippen LogP contribution is -2.51. The van der Waals surface area contributed by atoms with E-state index in [1.807, 2.05) is 4.90 Å². The molecule has 1 aliphatic carbocycles. The molecule has 2 aromatic rings. The average Bonchev–Trinajstić information content (AvgIpc) is 3.58. The number of piperazine rings is 1. The van der Waals surface area contributed by atoms with Gasteiger partial charge in [-0.1, -0.05) is 18.2 Å². The number of alkyl halides is 3. The molecule has 1 saturated heterocycles. The zero-order valence-corrected chi connectivity index (χ0v) is 17.5. The molecule has 0 bridgehead atoms. The van der Waals surface area contributed by atoms with Gasteiger partial charge in [-0.05, 0) is 43.2 Å². The van der Waals surface area contributed by atoms with E-state index in [0.29, 0.717) is 50.0 Å². The molecule has 1 heterocycles. The highest BCUT2D eigenvalue weighted by molar-refractivity contribution is 6.00. The average molecular weight is 446 g/mol. The topological polar surface area (TPSA) is 64.7 Å². The Morgan fingerprint density at radius 3 is 2.38 bits per heavy atom. The van der Waals surface area contributed by atoms with Crippen molar-refractivity contribution in [1.82, 2.24) is 15.1 Å². The van der Waals surface area contributed by atoms with E-state index in [4.69, 9.17) is 0 Å². The van der Waals surface area contributed by atoms with Gasteiger partial charge in [0.2, 0.25) is 5.91 Å². The molecule has 0 atom stereocenters. The third kappa shape index (κ3) is 5.59. The van der Waals surface area contributed by atoms with Crippen LogP contribution in [0.1, 0.15) is 28.8 Å². The van der Waals surface area contributed by atoms with Gasteiger partial charge in [-0.15, -0.1) is 0 Å². The first-order valence-electron chi connectivity index (χ1n) is 10.6. The van der Waals surface area contributed by atoms with E-state index in [1.165, 1.54) is 12.1 Å². The number of hydrogen-bond acceptors (Lipinski definition) is 4. The Hall–Kier alpha value is -3.07. The second-order valence-electron chi connectivity index (χ2n) is 8.16. The standard InChI is InChI=1S/C23H25F3N4O2/c24-23(25,26)16-4-3-5-18(14-16)27-20-7-2-1-6-19(20)22(32)30-12-10-29(11-13-30)15-21(31)28-17-8-9-17/h1-7,14,17,27H,8-13,15H2,(H,28,31). The summed E-state index contributed by atoms with van der Waals surface area (Å²) in [5, 5.41) is 5.92. The van der Waals surface area contributed by atoms with Gasteiger partial charge >= 0.3 is 6.18 Å². The third-order valence-corrected chi connectivity index (χ3v) is 5.60. The molecule has 2 amide bonds. The monoisotopic (exact) mass is 446 g/mol. The summed E-state index contributed by atoms with van der Waals surface area (Å²) in [6, 6.07) is 12.0. The number of anilines is 2. The normalized spacial score (nSPS) is 17.2. The van der Waals surface area contributed by atoms with E-state index >= 15 is 0 Å². The minimum Gasteiger partial charge on any atom is -0.355 e. The van der Waals surface area contributed by atoms with Crippen LogP contribution in [0.25, 0.3) is 0 Å². The number of benzene rings is 2. The number of para-hydroxylation sites is 1.